The number of carbonyl (C=O) groups is 1. The molecule has 2 heterocycles. The highest BCUT2D eigenvalue weighted by Crippen LogP contribution is 2.69. The van der Waals surface area contributed by atoms with E-state index >= 15 is 0 Å². The van der Waals surface area contributed by atoms with E-state index in [1.54, 1.807) is 14.2 Å². The van der Waals surface area contributed by atoms with Crippen LogP contribution in [-0.4, -0.2) is 50.1 Å². The Morgan fingerprint density at radius 1 is 1.00 bits per heavy atom. The number of fused-ring (bicyclic) bond motifs is 2. The highest BCUT2D eigenvalue weighted by Gasteiger charge is 2.71. The van der Waals surface area contributed by atoms with Crippen molar-refractivity contribution in [2.75, 3.05) is 14.2 Å². The standard InChI is InChI=1S/C24H40O6/c1-15-8-9-17-21(3,4)18(28-16(2)25)10-11-22(17,5)24(15)13-12-23(30-24)14-19(26-6)29-20(23)27-7/h15,17-20H,8-14H2,1-7H3/t15-,17+,18+,19-,20-,22+,23+,24-/m1/s1. The van der Waals surface area contributed by atoms with E-state index in [9.17, 15) is 4.79 Å². The molecule has 0 amide bonds. The Bertz CT molecular complexity index is 679. The fourth-order valence-corrected chi connectivity index (χ4v) is 7.86. The van der Waals surface area contributed by atoms with Gasteiger partial charge in [0.2, 0.25) is 0 Å². The van der Waals surface area contributed by atoms with Crippen LogP contribution in [0, 0.1) is 22.7 Å². The number of hydrogen-bond donors (Lipinski definition) is 0. The van der Waals surface area contributed by atoms with E-state index in [2.05, 4.69) is 27.7 Å². The largest absolute Gasteiger partial charge is 0.462 e. The minimum atomic E-state index is -0.453. The molecule has 6 heteroatoms. The predicted octanol–water partition coefficient (Wildman–Crippen LogP) is 4.44. The Morgan fingerprint density at radius 3 is 2.37 bits per heavy atom. The maximum absolute atomic E-state index is 11.8. The first-order chi connectivity index (χ1) is 14.0. The van der Waals surface area contributed by atoms with Gasteiger partial charge in [-0.2, -0.15) is 0 Å². The van der Waals surface area contributed by atoms with Crippen LogP contribution in [0.2, 0.25) is 0 Å². The van der Waals surface area contributed by atoms with Crippen molar-refractivity contribution >= 4 is 5.97 Å². The third-order valence-electron chi connectivity index (χ3n) is 9.38. The van der Waals surface area contributed by atoms with Crippen LogP contribution in [0.5, 0.6) is 0 Å². The average molecular weight is 425 g/mol. The van der Waals surface area contributed by atoms with Gasteiger partial charge in [-0.1, -0.05) is 27.7 Å². The zero-order chi connectivity index (χ0) is 21.9. The van der Waals surface area contributed by atoms with Crippen LogP contribution in [0.25, 0.3) is 0 Å². The molecular weight excluding hydrogens is 384 g/mol. The Labute approximate surface area is 181 Å². The van der Waals surface area contributed by atoms with Crippen LogP contribution in [-0.2, 0) is 28.5 Å². The third-order valence-corrected chi connectivity index (χ3v) is 9.38. The molecule has 6 nitrogen and oxygen atoms in total. The predicted molar refractivity (Wildman–Crippen MR) is 112 cm³/mol. The molecule has 2 spiro atoms. The van der Waals surface area contributed by atoms with Crippen LogP contribution < -0.4 is 0 Å². The molecule has 4 fully saturated rings. The first kappa shape index (κ1) is 22.5. The fourth-order valence-electron chi connectivity index (χ4n) is 7.86. The lowest BCUT2D eigenvalue weighted by atomic mass is 9.44. The molecule has 0 aromatic carbocycles. The zero-order valence-corrected chi connectivity index (χ0v) is 19.8. The lowest BCUT2D eigenvalue weighted by Crippen LogP contribution is -2.65. The molecule has 30 heavy (non-hydrogen) atoms. The van der Waals surface area contributed by atoms with Crippen molar-refractivity contribution in [1.29, 1.82) is 0 Å². The third kappa shape index (κ3) is 3.01. The Kier molecular flexibility index (Phi) is 5.57. The van der Waals surface area contributed by atoms with Gasteiger partial charge in [-0.05, 0) is 50.4 Å². The van der Waals surface area contributed by atoms with E-state index in [0.29, 0.717) is 18.3 Å². The Hall–Kier alpha value is -0.690. The highest BCUT2D eigenvalue weighted by molar-refractivity contribution is 5.66. The number of carbonyl (C=O) groups excluding carboxylic acids is 1. The van der Waals surface area contributed by atoms with Gasteiger partial charge in [-0.15, -0.1) is 0 Å². The molecule has 0 N–H and O–H groups in total. The Balaban J connectivity index is 1.68. The van der Waals surface area contributed by atoms with Gasteiger partial charge in [0.15, 0.2) is 12.6 Å². The van der Waals surface area contributed by atoms with Gasteiger partial charge >= 0.3 is 5.97 Å². The number of rotatable bonds is 3. The summed E-state index contributed by atoms with van der Waals surface area (Å²) < 4.78 is 30.3. The number of methoxy groups -OCH3 is 2. The molecule has 0 aromatic heterocycles. The van der Waals surface area contributed by atoms with Crippen molar-refractivity contribution in [1.82, 2.24) is 0 Å². The molecule has 4 rings (SSSR count). The number of ether oxygens (including phenoxy) is 5. The summed E-state index contributed by atoms with van der Waals surface area (Å²) in [4.78, 5) is 11.8. The monoisotopic (exact) mass is 424 g/mol. The molecule has 4 aliphatic rings. The van der Waals surface area contributed by atoms with Gasteiger partial charge < -0.3 is 23.7 Å². The average Bonchev–Trinajstić information content (AvgIpc) is 3.24. The summed E-state index contributed by atoms with van der Waals surface area (Å²) in [6, 6.07) is 0. The molecule has 8 atom stereocenters. The van der Waals surface area contributed by atoms with E-state index in [-0.39, 0.29) is 34.8 Å². The summed E-state index contributed by atoms with van der Waals surface area (Å²) in [5.74, 6) is 0.706. The molecule has 2 saturated carbocycles. The van der Waals surface area contributed by atoms with Crippen molar-refractivity contribution in [3.8, 4) is 0 Å². The second kappa shape index (κ2) is 7.43. The van der Waals surface area contributed by atoms with Crippen LogP contribution in [0.15, 0.2) is 0 Å². The van der Waals surface area contributed by atoms with Crippen molar-refractivity contribution in [2.45, 2.75) is 109 Å². The van der Waals surface area contributed by atoms with Gasteiger partial charge in [0.1, 0.15) is 11.7 Å². The van der Waals surface area contributed by atoms with Crippen molar-refractivity contribution in [2.24, 2.45) is 22.7 Å². The SMILES string of the molecule is CO[C@H]1C[C@@]2(CC[C@@]3(O2)[C@H](C)CC[C@H]2C(C)(C)[C@@H](OC(C)=O)CC[C@@]23C)[C@H](OC)O1. The van der Waals surface area contributed by atoms with Gasteiger partial charge in [0, 0.05) is 38.4 Å². The lowest BCUT2D eigenvalue weighted by molar-refractivity contribution is -0.289. The topological polar surface area (TPSA) is 63.2 Å². The van der Waals surface area contributed by atoms with E-state index in [1.165, 1.54) is 6.92 Å². The summed E-state index contributed by atoms with van der Waals surface area (Å²) >= 11 is 0. The molecule has 0 aromatic rings. The van der Waals surface area contributed by atoms with Crippen LogP contribution in [0.4, 0.5) is 0 Å². The minimum absolute atomic E-state index is 0.0117. The maximum Gasteiger partial charge on any atom is 0.302 e. The van der Waals surface area contributed by atoms with Gasteiger partial charge in [0.25, 0.3) is 0 Å². The second-order valence-corrected chi connectivity index (χ2v) is 11.0. The molecule has 2 aliphatic carbocycles. The normalized spacial score (nSPS) is 50.0. The first-order valence-corrected chi connectivity index (χ1v) is 11.6. The summed E-state index contributed by atoms with van der Waals surface area (Å²) in [5.41, 5.74) is -0.757. The summed E-state index contributed by atoms with van der Waals surface area (Å²) in [7, 11) is 3.38. The van der Waals surface area contributed by atoms with E-state index in [0.717, 1.165) is 38.5 Å². The molecule has 0 bridgehead atoms. The molecule has 2 saturated heterocycles. The summed E-state index contributed by atoms with van der Waals surface area (Å²) in [5, 5.41) is 0. The first-order valence-electron chi connectivity index (χ1n) is 11.6. The fraction of sp³-hybridized carbons (Fsp3) is 0.958. The van der Waals surface area contributed by atoms with Crippen LogP contribution >= 0.6 is 0 Å². The van der Waals surface area contributed by atoms with Crippen molar-refractivity contribution < 1.29 is 28.5 Å². The molecule has 172 valence electrons. The number of hydrogen-bond acceptors (Lipinski definition) is 6. The summed E-state index contributed by atoms with van der Waals surface area (Å²) in [6.45, 7) is 10.9. The van der Waals surface area contributed by atoms with Crippen molar-refractivity contribution in [3.05, 3.63) is 0 Å². The zero-order valence-electron chi connectivity index (χ0n) is 19.8. The summed E-state index contributed by atoms with van der Waals surface area (Å²) in [6.07, 6.45) is 6.07. The molecule has 0 radical (unpaired) electrons. The molecule has 0 unspecified atom stereocenters. The lowest BCUT2D eigenvalue weighted by Gasteiger charge is -2.65. The van der Waals surface area contributed by atoms with Gasteiger partial charge in [-0.3, -0.25) is 4.79 Å². The second-order valence-electron chi connectivity index (χ2n) is 11.0. The minimum Gasteiger partial charge on any atom is -0.462 e. The van der Waals surface area contributed by atoms with Crippen LogP contribution in [0.3, 0.4) is 0 Å². The van der Waals surface area contributed by atoms with Gasteiger partial charge in [-0.25, -0.2) is 0 Å². The van der Waals surface area contributed by atoms with E-state index < -0.39 is 11.9 Å². The highest BCUT2D eigenvalue weighted by atomic mass is 16.8. The van der Waals surface area contributed by atoms with E-state index in [1.807, 2.05) is 0 Å². The van der Waals surface area contributed by atoms with Crippen molar-refractivity contribution in [3.63, 3.8) is 0 Å². The smallest absolute Gasteiger partial charge is 0.302 e. The Morgan fingerprint density at radius 2 is 1.73 bits per heavy atom. The van der Waals surface area contributed by atoms with Crippen LogP contribution in [0.1, 0.15) is 79.6 Å². The maximum atomic E-state index is 11.8. The molecule has 2 aliphatic heterocycles. The number of esters is 1. The quantitative estimate of drug-likeness (QED) is 0.624. The van der Waals surface area contributed by atoms with E-state index in [4.69, 9.17) is 23.7 Å². The van der Waals surface area contributed by atoms with Gasteiger partial charge in [0.05, 0.1) is 5.60 Å². The molecular formula is C24H40O6.